The minimum atomic E-state index is -3.53. The molecule has 0 radical (unpaired) electrons. The van der Waals surface area contributed by atoms with Gasteiger partial charge in [-0.2, -0.15) is 0 Å². The molecule has 0 saturated heterocycles. The highest BCUT2D eigenvalue weighted by Crippen LogP contribution is 2.24. The molecule has 0 N–H and O–H groups in total. The summed E-state index contributed by atoms with van der Waals surface area (Å²) < 4.78 is 36.2. The first-order valence-corrected chi connectivity index (χ1v) is 7.71. The van der Waals surface area contributed by atoms with Gasteiger partial charge >= 0.3 is 0 Å². The second kappa shape index (κ2) is 5.96. The molecule has 0 spiro atoms. The fourth-order valence-corrected chi connectivity index (χ4v) is 3.37. The fourth-order valence-electron chi connectivity index (χ4n) is 1.88. The lowest BCUT2D eigenvalue weighted by Crippen LogP contribution is -2.31. The highest BCUT2D eigenvalue weighted by Gasteiger charge is 2.23. The predicted octanol–water partition coefficient (Wildman–Crippen LogP) is 2.04. The minimum Gasteiger partial charge on any atom is -0.497 e. The van der Waals surface area contributed by atoms with Gasteiger partial charge in [0.1, 0.15) is 11.5 Å². The van der Waals surface area contributed by atoms with E-state index in [1.54, 1.807) is 38.3 Å². The Morgan fingerprint density at radius 3 is 2.75 bits per heavy atom. The van der Waals surface area contributed by atoms with Crippen molar-refractivity contribution in [2.24, 2.45) is 0 Å². The molecule has 1 aromatic heterocycles. The van der Waals surface area contributed by atoms with Gasteiger partial charge in [-0.15, -0.1) is 0 Å². The topological polar surface area (TPSA) is 72.6 Å². The van der Waals surface area contributed by atoms with Gasteiger partial charge in [-0.05, 0) is 19.1 Å². The van der Waals surface area contributed by atoms with Crippen LogP contribution in [0.3, 0.4) is 0 Å². The number of ether oxygens (including phenoxy) is 1. The summed E-state index contributed by atoms with van der Waals surface area (Å²) in [5, 5.41) is 3.51. The number of benzene rings is 1. The van der Waals surface area contributed by atoms with E-state index in [-0.39, 0.29) is 5.75 Å². The van der Waals surface area contributed by atoms with Gasteiger partial charge in [-0.1, -0.05) is 11.2 Å². The quantitative estimate of drug-likeness (QED) is 0.815. The predicted molar refractivity (Wildman–Crippen MR) is 75.1 cm³/mol. The van der Waals surface area contributed by atoms with Crippen molar-refractivity contribution in [3.8, 4) is 5.75 Å². The summed E-state index contributed by atoms with van der Waals surface area (Å²) in [5.41, 5.74) is 0.561. The molecule has 0 bridgehead atoms. The second-order valence-corrected chi connectivity index (χ2v) is 5.99. The lowest BCUT2D eigenvalue weighted by Gasteiger charge is -2.22. The van der Waals surface area contributed by atoms with E-state index in [9.17, 15) is 8.42 Å². The highest BCUT2D eigenvalue weighted by molar-refractivity contribution is 7.92. The number of hydrogen-bond donors (Lipinski definition) is 0. The van der Waals surface area contributed by atoms with Crippen LogP contribution in [0, 0.1) is 0 Å². The number of aromatic nitrogens is 1. The van der Waals surface area contributed by atoms with Crippen LogP contribution in [0.4, 0.5) is 5.69 Å². The van der Waals surface area contributed by atoms with E-state index in [1.807, 2.05) is 0 Å². The van der Waals surface area contributed by atoms with Crippen LogP contribution in [0.15, 0.2) is 41.1 Å². The number of rotatable bonds is 6. The Bertz CT molecular complexity index is 653. The van der Waals surface area contributed by atoms with E-state index in [0.717, 1.165) is 0 Å². The largest absolute Gasteiger partial charge is 0.497 e. The average molecular weight is 296 g/mol. The van der Waals surface area contributed by atoms with Crippen LogP contribution in [0.1, 0.15) is 12.7 Å². The Morgan fingerprint density at radius 2 is 2.15 bits per heavy atom. The van der Waals surface area contributed by atoms with E-state index < -0.39 is 10.0 Å². The second-order valence-electron chi connectivity index (χ2n) is 4.10. The third kappa shape index (κ3) is 3.11. The third-order valence-electron chi connectivity index (χ3n) is 2.78. The molecule has 7 heteroatoms. The van der Waals surface area contributed by atoms with Crippen LogP contribution in [0.5, 0.6) is 5.75 Å². The summed E-state index contributed by atoms with van der Waals surface area (Å²) in [6.07, 6.45) is 1.42. The molecule has 0 saturated carbocycles. The van der Waals surface area contributed by atoms with Crippen molar-refractivity contribution < 1.29 is 17.7 Å². The van der Waals surface area contributed by atoms with Gasteiger partial charge < -0.3 is 9.26 Å². The first-order chi connectivity index (χ1) is 9.56. The molecule has 1 heterocycles. The summed E-state index contributed by atoms with van der Waals surface area (Å²) >= 11 is 0. The van der Waals surface area contributed by atoms with E-state index in [0.29, 0.717) is 23.7 Å². The molecule has 6 nitrogen and oxygen atoms in total. The molecule has 0 unspecified atom stereocenters. The standard InChI is InChI=1S/C13H16N2O4S/c1-3-15(11-5-4-6-12(9-11)18-2)20(16,17)10-13-7-8-14-19-13/h4-9H,3,10H2,1-2H3. The maximum atomic E-state index is 12.4. The Kier molecular flexibility index (Phi) is 4.29. The van der Waals surface area contributed by atoms with Crippen molar-refractivity contribution in [2.75, 3.05) is 18.0 Å². The lowest BCUT2D eigenvalue weighted by atomic mass is 10.3. The molecular weight excluding hydrogens is 280 g/mol. The zero-order chi connectivity index (χ0) is 14.6. The molecule has 0 atom stereocenters. The van der Waals surface area contributed by atoms with Crippen molar-refractivity contribution in [1.29, 1.82) is 0 Å². The summed E-state index contributed by atoms with van der Waals surface area (Å²) in [6.45, 7) is 2.10. The molecule has 2 rings (SSSR count). The minimum absolute atomic E-state index is 0.224. The Morgan fingerprint density at radius 1 is 1.35 bits per heavy atom. The van der Waals surface area contributed by atoms with Crippen molar-refractivity contribution in [1.82, 2.24) is 5.16 Å². The van der Waals surface area contributed by atoms with E-state index in [1.165, 1.54) is 16.6 Å². The fraction of sp³-hybridized carbons (Fsp3) is 0.308. The zero-order valence-electron chi connectivity index (χ0n) is 11.3. The van der Waals surface area contributed by atoms with E-state index in [4.69, 9.17) is 9.26 Å². The van der Waals surface area contributed by atoms with Crippen LogP contribution in [-0.4, -0.2) is 27.2 Å². The van der Waals surface area contributed by atoms with Crippen LogP contribution in [0.25, 0.3) is 0 Å². The molecular formula is C13H16N2O4S. The van der Waals surface area contributed by atoms with Gasteiger partial charge in [-0.3, -0.25) is 4.31 Å². The molecule has 0 aliphatic rings. The molecule has 2 aromatic rings. The number of methoxy groups -OCH3 is 1. The molecule has 108 valence electrons. The van der Waals surface area contributed by atoms with E-state index in [2.05, 4.69) is 5.16 Å². The zero-order valence-corrected chi connectivity index (χ0v) is 12.1. The maximum absolute atomic E-state index is 12.4. The molecule has 20 heavy (non-hydrogen) atoms. The van der Waals surface area contributed by atoms with E-state index >= 15 is 0 Å². The normalized spacial score (nSPS) is 11.3. The van der Waals surface area contributed by atoms with Gasteiger partial charge in [0.2, 0.25) is 10.0 Å². The molecule has 0 aliphatic heterocycles. The summed E-state index contributed by atoms with van der Waals surface area (Å²) in [6, 6.07) is 8.46. The number of hydrogen-bond acceptors (Lipinski definition) is 5. The summed E-state index contributed by atoms with van der Waals surface area (Å²) in [5.74, 6) is 0.695. The third-order valence-corrected chi connectivity index (χ3v) is 4.57. The molecule has 0 fully saturated rings. The Balaban J connectivity index is 2.30. The van der Waals surface area contributed by atoms with Crippen LogP contribution in [0.2, 0.25) is 0 Å². The number of sulfonamides is 1. The van der Waals surface area contributed by atoms with Gasteiger partial charge in [-0.25, -0.2) is 8.42 Å². The highest BCUT2D eigenvalue weighted by atomic mass is 32.2. The molecule has 0 amide bonds. The van der Waals surface area contributed by atoms with Gasteiger partial charge in [0.25, 0.3) is 0 Å². The SMILES string of the molecule is CCN(c1cccc(OC)c1)S(=O)(=O)Cc1ccno1. The van der Waals surface area contributed by atoms with Crippen LogP contribution in [-0.2, 0) is 15.8 Å². The van der Waals surface area contributed by atoms with Crippen molar-refractivity contribution in [2.45, 2.75) is 12.7 Å². The monoisotopic (exact) mass is 296 g/mol. The van der Waals surface area contributed by atoms with Crippen molar-refractivity contribution in [3.05, 3.63) is 42.3 Å². The van der Waals surface area contributed by atoms with Gasteiger partial charge in [0, 0.05) is 18.7 Å². The molecule has 1 aromatic carbocycles. The summed E-state index contributed by atoms with van der Waals surface area (Å²) in [4.78, 5) is 0. The van der Waals surface area contributed by atoms with Gasteiger partial charge in [0.05, 0.1) is 19.0 Å². The first kappa shape index (κ1) is 14.4. The Labute approximate surface area is 118 Å². The van der Waals surface area contributed by atoms with Crippen molar-refractivity contribution in [3.63, 3.8) is 0 Å². The Hall–Kier alpha value is -2.02. The number of anilines is 1. The maximum Gasteiger partial charge on any atom is 0.242 e. The van der Waals surface area contributed by atoms with Crippen LogP contribution >= 0.6 is 0 Å². The molecule has 0 aliphatic carbocycles. The van der Waals surface area contributed by atoms with Crippen molar-refractivity contribution >= 4 is 15.7 Å². The number of nitrogens with zero attached hydrogens (tertiary/aromatic N) is 2. The van der Waals surface area contributed by atoms with Gasteiger partial charge in [0.15, 0.2) is 5.76 Å². The average Bonchev–Trinajstić information content (AvgIpc) is 2.91. The van der Waals surface area contributed by atoms with Crippen LogP contribution < -0.4 is 9.04 Å². The smallest absolute Gasteiger partial charge is 0.242 e. The summed E-state index contributed by atoms with van der Waals surface area (Å²) in [7, 11) is -1.99. The lowest BCUT2D eigenvalue weighted by molar-refractivity contribution is 0.392. The first-order valence-electron chi connectivity index (χ1n) is 6.11.